The number of ether oxygens (including phenoxy) is 1. The van der Waals surface area contributed by atoms with E-state index >= 15 is 0 Å². The number of aromatic nitrogens is 2. The highest BCUT2D eigenvalue weighted by molar-refractivity contribution is 5.81. The maximum atomic E-state index is 12.8. The van der Waals surface area contributed by atoms with Gasteiger partial charge in [0.1, 0.15) is 12.3 Å². The van der Waals surface area contributed by atoms with Gasteiger partial charge in [0, 0.05) is 45.0 Å². The fourth-order valence-corrected chi connectivity index (χ4v) is 3.77. The number of methoxy groups -OCH3 is 1. The standard InChI is InChI=1S/C21H24N4O3/c1-22-18-8-3-4-9-19(18)25(21(22)27)15-20(26)24-12-10-23(11-13-24)16-6-5-7-17(14-16)28-2/h3-9,14H,10-13,15H2,1-2H3. The molecule has 0 unspecified atom stereocenters. The minimum atomic E-state index is -0.162. The van der Waals surface area contributed by atoms with E-state index in [1.54, 1.807) is 23.3 Å². The van der Waals surface area contributed by atoms with Gasteiger partial charge in [-0.15, -0.1) is 0 Å². The Morgan fingerprint density at radius 3 is 2.43 bits per heavy atom. The molecule has 0 atom stereocenters. The lowest BCUT2D eigenvalue weighted by Crippen LogP contribution is -2.50. The minimum Gasteiger partial charge on any atom is -0.497 e. The number of fused-ring (bicyclic) bond motifs is 1. The predicted octanol–water partition coefficient (Wildman–Crippen LogP) is 1.70. The third kappa shape index (κ3) is 3.24. The zero-order valence-corrected chi connectivity index (χ0v) is 16.2. The topological polar surface area (TPSA) is 59.7 Å². The molecule has 1 fully saturated rings. The van der Waals surface area contributed by atoms with Crippen molar-refractivity contribution in [3.05, 3.63) is 59.0 Å². The summed E-state index contributed by atoms with van der Waals surface area (Å²) in [6.07, 6.45) is 0. The Balaban J connectivity index is 1.45. The molecule has 28 heavy (non-hydrogen) atoms. The molecule has 1 amide bonds. The normalized spacial score (nSPS) is 14.5. The molecule has 7 heteroatoms. The molecule has 7 nitrogen and oxygen atoms in total. The summed E-state index contributed by atoms with van der Waals surface area (Å²) in [6, 6.07) is 15.5. The quantitative estimate of drug-likeness (QED) is 0.691. The number of nitrogens with zero attached hydrogens (tertiary/aromatic N) is 4. The molecule has 0 spiro atoms. The minimum absolute atomic E-state index is 0.0243. The van der Waals surface area contributed by atoms with E-state index in [4.69, 9.17) is 4.74 Å². The van der Waals surface area contributed by atoms with Gasteiger partial charge < -0.3 is 14.5 Å². The molecule has 0 saturated carbocycles. The van der Waals surface area contributed by atoms with Crippen molar-refractivity contribution < 1.29 is 9.53 Å². The Hall–Kier alpha value is -3.22. The lowest BCUT2D eigenvalue weighted by Gasteiger charge is -2.36. The van der Waals surface area contributed by atoms with E-state index in [0.717, 1.165) is 35.6 Å². The summed E-state index contributed by atoms with van der Waals surface area (Å²) in [4.78, 5) is 29.5. The van der Waals surface area contributed by atoms with Crippen LogP contribution in [0.15, 0.2) is 53.3 Å². The van der Waals surface area contributed by atoms with Crippen LogP contribution in [0, 0.1) is 0 Å². The average molecular weight is 380 g/mol. The van der Waals surface area contributed by atoms with Crippen LogP contribution in [-0.4, -0.2) is 53.2 Å². The first-order chi connectivity index (χ1) is 13.6. The molecule has 2 aromatic carbocycles. The lowest BCUT2D eigenvalue weighted by atomic mass is 10.2. The van der Waals surface area contributed by atoms with Gasteiger partial charge in [0.2, 0.25) is 5.91 Å². The van der Waals surface area contributed by atoms with E-state index < -0.39 is 0 Å². The Kier molecular flexibility index (Phi) is 4.81. The van der Waals surface area contributed by atoms with Crippen LogP contribution in [0.25, 0.3) is 11.0 Å². The first-order valence-electron chi connectivity index (χ1n) is 9.39. The number of para-hydroxylation sites is 2. The Morgan fingerprint density at radius 1 is 1.00 bits per heavy atom. The second-order valence-corrected chi connectivity index (χ2v) is 6.99. The van der Waals surface area contributed by atoms with Gasteiger partial charge in [0.05, 0.1) is 18.1 Å². The summed E-state index contributed by atoms with van der Waals surface area (Å²) < 4.78 is 8.44. The van der Waals surface area contributed by atoms with Crippen molar-refractivity contribution in [1.29, 1.82) is 0 Å². The van der Waals surface area contributed by atoms with Gasteiger partial charge in [0.25, 0.3) is 0 Å². The van der Waals surface area contributed by atoms with Crippen molar-refractivity contribution in [2.75, 3.05) is 38.2 Å². The van der Waals surface area contributed by atoms with Crippen LogP contribution in [0.2, 0.25) is 0 Å². The molecule has 146 valence electrons. The maximum Gasteiger partial charge on any atom is 0.329 e. The number of hydrogen-bond acceptors (Lipinski definition) is 4. The van der Waals surface area contributed by atoms with Gasteiger partial charge in [-0.25, -0.2) is 4.79 Å². The second kappa shape index (κ2) is 7.42. The van der Waals surface area contributed by atoms with E-state index in [1.165, 1.54) is 0 Å². The first kappa shape index (κ1) is 18.2. The Morgan fingerprint density at radius 2 is 1.71 bits per heavy atom. The monoisotopic (exact) mass is 380 g/mol. The van der Waals surface area contributed by atoms with E-state index in [0.29, 0.717) is 13.1 Å². The molecule has 1 aromatic heterocycles. The van der Waals surface area contributed by atoms with Gasteiger partial charge in [-0.2, -0.15) is 0 Å². The van der Waals surface area contributed by atoms with E-state index in [-0.39, 0.29) is 18.1 Å². The van der Waals surface area contributed by atoms with Crippen LogP contribution >= 0.6 is 0 Å². The van der Waals surface area contributed by atoms with E-state index in [1.807, 2.05) is 47.4 Å². The third-order valence-corrected chi connectivity index (χ3v) is 5.40. The maximum absolute atomic E-state index is 12.8. The van der Waals surface area contributed by atoms with Crippen LogP contribution in [0.1, 0.15) is 0 Å². The van der Waals surface area contributed by atoms with Gasteiger partial charge in [-0.05, 0) is 24.3 Å². The molecule has 3 aromatic rings. The van der Waals surface area contributed by atoms with Gasteiger partial charge in [-0.3, -0.25) is 13.9 Å². The molecule has 0 bridgehead atoms. The van der Waals surface area contributed by atoms with Crippen LogP contribution in [-0.2, 0) is 18.4 Å². The number of benzene rings is 2. The zero-order valence-electron chi connectivity index (χ0n) is 16.2. The molecule has 4 rings (SSSR count). The van der Waals surface area contributed by atoms with E-state index in [2.05, 4.69) is 11.0 Å². The number of rotatable bonds is 4. The molecule has 2 heterocycles. The number of carbonyl (C=O) groups excluding carboxylic acids is 1. The number of anilines is 1. The largest absolute Gasteiger partial charge is 0.497 e. The molecule has 1 aliphatic heterocycles. The number of amides is 1. The van der Waals surface area contributed by atoms with Crippen molar-refractivity contribution in [2.24, 2.45) is 7.05 Å². The van der Waals surface area contributed by atoms with E-state index in [9.17, 15) is 9.59 Å². The summed E-state index contributed by atoms with van der Waals surface area (Å²) in [5.74, 6) is 0.801. The number of hydrogen-bond donors (Lipinski definition) is 0. The third-order valence-electron chi connectivity index (χ3n) is 5.40. The second-order valence-electron chi connectivity index (χ2n) is 6.99. The van der Waals surface area contributed by atoms with Crippen molar-refractivity contribution >= 4 is 22.6 Å². The van der Waals surface area contributed by atoms with Crippen molar-refractivity contribution in [1.82, 2.24) is 14.0 Å². The molecule has 1 aliphatic rings. The van der Waals surface area contributed by atoms with Crippen LogP contribution in [0.3, 0.4) is 0 Å². The van der Waals surface area contributed by atoms with Gasteiger partial charge in [-0.1, -0.05) is 18.2 Å². The SMILES string of the molecule is COc1cccc(N2CCN(C(=O)Cn3c(=O)n(C)c4ccccc43)CC2)c1. The highest BCUT2D eigenvalue weighted by atomic mass is 16.5. The number of piperazine rings is 1. The van der Waals surface area contributed by atoms with Crippen molar-refractivity contribution in [3.63, 3.8) is 0 Å². The van der Waals surface area contributed by atoms with Gasteiger partial charge in [0.15, 0.2) is 0 Å². The van der Waals surface area contributed by atoms with Crippen LogP contribution in [0.5, 0.6) is 5.75 Å². The predicted molar refractivity (Wildman–Crippen MR) is 109 cm³/mol. The summed E-state index contributed by atoms with van der Waals surface area (Å²) in [5.41, 5.74) is 2.56. The smallest absolute Gasteiger partial charge is 0.329 e. The highest BCUT2D eigenvalue weighted by Crippen LogP contribution is 2.22. The lowest BCUT2D eigenvalue weighted by molar-refractivity contribution is -0.132. The molecular weight excluding hydrogens is 356 g/mol. The fraction of sp³-hybridized carbons (Fsp3) is 0.333. The number of imidazole rings is 1. The molecular formula is C21H24N4O3. The zero-order chi connectivity index (χ0) is 19.7. The highest BCUT2D eigenvalue weighted by Gasteiger charge is 2.23. The number of aryl methyl sites for hydroxylation is 1. The molecule has 0 radical (unpaired) electrons. The molecule has 0 N–H and O–H groups in total. The summed E-state index contributed by atoms with van der Waals surface area (Å²) in [6.45, 7) is 2.84. The van der Waals surface area contributed by atoms with Crippen LogP contribution < -0.4 is 15.3 Å². The Bertz CT molecular complexity index is 1060. The first-order valence-corrected chi connectivity index (χ1v) is 9.39. The summed E-state index contributed by atoms with van der Waals surface area (Å²) in [7, 11) is 3.39. The van der Waals surface area contributed by atoms with Gasteiger partial charge >= 0.3 is 5.69 Å². The van der Waals surface area contributed by atoms with Crippen molar-refractivity contribution in [2.45, 2.75) is 6.54 Å². The fourth-order valence-electron chi connectivity index (χ4n) is 3.77. The molecule has 1 saturated heterocycles. The van der Waals surface area contributed by atoms with Crippen molar-refractivity contribution in [3.8, 4) is 5.75 Å². The molecule has 0 aliphatic carbocycles. The Labute approximate surface area is 163 Å². The summed E-state index contributed by atoms with van der Waals surface area (Å²) in [5, 5.41) is 0. The summed E-state index contributed by atoms with van der Waals surface area (Å²) >= 11 is 0. The average Bonchev–Trinajstić information content (AvgIpc) is 2.99. The number of carbonyl (C=O) groups is 1. The van der Waals surface area contributed by atoms with Crippen LogP contribution in [0.4, 0.5) is 5.69 Å².